The Labute approximate surface area is 192 Å². The highest BCUT2D eigenvalue weighted by molar-refractivity contribution is 5.80. The zero-order chi connectivity index (χ0) is 23.4. The van der Waals surface area contributed by atoms with Crippen molar-refractivity contribution in [1.29, 1.82) is 0 Å². The lowest BCUT2D eigenvalue weighted by molar-refractivity contribution is 0.402. The van der Waals surface area contributed by atoms with Crippen LogP contribution in [0.3, 0.4) is 0 Å². The molecular formula is C27H27N3O3. The molecule has 0 spiro atoms. The first-order valence-corrected chi connectivity index (χ1v) is 10.7. The summed E-state index contributed by atoms with van der Waals surface area (Å²) in [5.41, 5.74) is 10.2. The van der Waals surface area contributed by atoms with Gasteiger partial charge in [-0.25, -0.2) is 4.98 Å². The maximum absolute atomic E-state index is 13.5. The van der Waals surface area contributed by atoms with E-state index < -0.39 is 0 Å². The molecule has 0 saturated carbocycles. The van der Waals surface area contributed by atoms with Crippen LogP contribution in [0.15, 0.2) is 65.5 Å². The van der Waals surface area contributed by atoms with E-state index in [1.54, 1.807) is 18.8 Å². The van der Waals surface area contributed by atoms with Crippen molar-refractivity contribution >= 4 is 23.1 Å². The number of hydrogen-bond donors (Lipinski definition) is 1. The third kappa shape index (κ3) is 4.81. The van der Waals surface area contributed by atoms with E-state index in [9.17, 15) is 4.79 Å². The maximum Gasteiger partial charge on any atom is 0.261 e. The van der Waals surface area contributed by atoms with Gasteiger partial charge >= 0.3 is 0 Å². The number of aryl methyl sites for hydroxylation is 1. The molecule has 33 heavy (non-hydrogen) atoms. The molecule has 0 fully saturated rings. The van der Waals surface area contributed by atoms with E-state index in [-0.39, 0.29) is 5.56 Å². The van der Waals surface area contributed by atoms with Crippen LogP contribution in [0.5, 0.6) is 11.5 Å². The van der Waals surface area contributed by atoms with Crippen LogP contribution in [0.25, 0.3) is 23.1 Å². The predicted octanol–water partition coefficient (Wildman–Crippen LogP) is 4.40. The van der Waals surface area contributed by atoms with Crippen molar-refractivity contribution in [3.8, 4) is 11.5 Å². The third-order valence-electron chi connectivity index (χ3n) is 5.56. The van der Waals surface area contributed by atoms with Crippen molar-refractivity contribution in [2.24, 2.45) is 5.73 Å². The van der Waals surface area contributed by atoms with Crippen LogP contribution in [0, 0.1) is 6.92 Å². The molecule has 6 nitrogen and oxygen atoms in total. The lowest BCUT2D eigenvalue weighted by atomic mass is 10.1. The van der Waals surface area contributed by atoms with Gasteiger partial charge in [-0.05, 0) is 60.5 Å². The van der Waals surface area contributed by atoms with Crippen LogP contribution in [0.1, 0.15) is 28.1 Å². The molecule has 0 unspecified atom stereocenters. The first-order chi connectivity index (χ1) is 16.0. The highest BCUT2D eigenvalue weighted by Crippen LogP contribution is 2.26. The van der Waals surface area contributed by atoms with Crippen LogP contribution in [0.2, 0.25) is 0 Å². The summed E-state index contributed by atoms with van der Waals surface area (Å²) in [4.78, 5) is 18.3. The van der Waals surface area contributed by atoms with E-state index in [0.717, 1.165) is 22.3 Å². The minimum Gasteiger partial charge on any atom is -0.497 e. The van der Waals surface area contributed by atoms with Gasteiger partial charge in [0, 0.05) is 12.1 Å². The largest absolute Gasteiger partial charge is 0.497 e. The number of rotatable bonds is 7. The van der Waals surface area contributed by atoms with Gasteiger partial charge in [-0.2, -0.15) is 0 Å². The minimum absolute atomic E-state index is 0.0842. The van der Waals surface area contributed by atoms with Gasteiger partial charge in [0.15, 0.2) is 0 Å². The number of fused-ring (bicyclic) bond motifs is 1. The molecule has 0 radical (unpaired) electrons. The first kappa shape index (κ1) is 22.3. The van der Waals surface area contributed by atoms with E-state index in [2.05, 4.69) is 0 Å². The molecule has 0 amide bonds. The number of benzene rings is 3. The molecule has 3 aromatic carbocycles. The Morgan fingerprint density at radius 2 is 1.79 bits per heavy atom. The Morgan fingerprint density at radius 1 is 0.970 bits per heavy atom. The Kier molecular flexibility index (Phi) is 6.56. The smallest absolute Gasteiger partial charge is 0.261 e. The van der Waals surface area contributed by atoms with Crippen molar-refractivity contribution in [3.63, 3.8) is 0 Å². The number of aromatic nitrogens is 2. The molecule has 0 atom stereocenters. The fraction of sp³-hybridized carbons (Fsp3) is 0.185. The Balaban J connectivity index is 1.86. The van der Waals surface area contributed by atoms with Crippen molar-refractivity contribution in [2.75, 3.05) is 14.2 Å². The van der Waals surface area contributed by atoms with Gasteiger partial charge in [-0.15, -0.1) is 0 Å². The fourth-order valence-corrected chi connectivity index (χ4v) is 3.80. The van der Waals surface area contributed by atoms with Crippen molar-refractivity contribution in [2.45, 2.75) is 20.0 Å². The van der Waals surface area contributed by atoms with Crippen LogP contribution >= 0.6 is 0 Å². The molecule has 1 heterocycles. The molecule has 4 aromatic rings. The van der Waals surface area contributed by atoms with Gasteiger partial charge in [-0.3, -0.25) is 9.36 Å². The molecule has 1 aromatic heterocycles. The van der Waals surface area contributed by atoms with Crippen molar-refractivity contribution in [1.82, 2.24) is 9.55 Å². The summed E-state index contributed by atoms with van der Waals surface area (Å²) in [7, 11) is 3.24. The van der Waals surface area contributed by atoms with Gasteiger partial charge < -0.3 is 15.2 Å². The summed E-state index contributed by atoms with van der Waals surface area (Å²) in [5.74, 6) is 1.97. The van der Waals surface area contributed by atoms with Gasteiger partial charge in [0.2, 0.25) is 0 Å². The Morgan fingerprint density at radius 3 is 2.55 bits per heavy atom. The summed E-state index contributed by atoms with van der Waals surface area (Å²) in [5, 5.41) is 0.598. The summed E-state index contributed by atoms with van der Waals surface area (Å²) in [6.07, 6.45) is 3.72. The Bertz CT molecular complexity index is 1390. The number of methoxy groups -OCH3 is 2. The number of ether oxygens (including phenoxy) is 2. The normalized spacial score (nSPS) is 11.3. The highest BCUT2D eigenvalue weighted by atomic mass is 16.5. The average Bonchev–Trinajstić information content (AvgIpc) is 2.85. The molecular weight excluding hydrogens is 414 g/mol. The topological polar surface area (TPSA) is 79.4 Å². The molecule has 6 heteroatoms. The van der Waals surface area contributed by atoms with Crippen LogP contribution in [0.4, 0.5) is 0 Å². The van der Waals surface area contributed by atoms with Crippen LogP contribution < -0.4 is 20.8 Å². The predicted molar refractivity (Wildman–Crippen MR) is 133 cm³/mol. The van der Waals surface area contributed by atoms with Gasteiger partial charge in [0.1, 0.15) is 17.3 Å². The third-order valence-corrected chi connectivity index (χ3v) is 5.56. The van der Waals surface area contributed by atoms with Gasteiger partial charge in [-0.1, -0.05) is 35.9 Å². The number of nitrogens with two attached hydrogens (primary N) is 1. The summed E-state index contributed by atoms with van der Waals surface area (Å²) in [6.45, 7) is 2.80. The lowest BCUT2D eigenvalue weighted by Crippen LogP contribution is -2.24. The SMILES string of the molecule is COc1ccc(OC)c(C=Cc2nc3ccc(C)cc3c(=O)n2Cc2cccc(CN)c2)c1. The maximum atomic E-state index is 13.5. The summed E-state index contributed by atoms with van der Waals surface area (Å²) >= 11 is 0. The zero-order valence-corrected chi connectivity index (χ0v) is 19.0. The summed E-state index contributed by atoms with van der Waals surface area (Å²) < 4.78 is 12.5. The van der Waals surface area contributed by atoms with Gasteiger partial charge in [0.05, 0.1) is 31.7 Å². The van der Waals surface area contributed by atoms with E-state index >= 15 is 0 Å². The first-order valence-electron chi connectivity index (χ1n) is 10.7. The highest BCUT2D eigenvalue weighted by Gasteiger charge is 2.11. The molecule has 0 saturated heterocycles. The van der Waals surface area contributed by atoms with Crippen molar-refractivity contribution < 1.29 is 9.47 Å². The molecule has 0 bridgehead atoms. The minimum atomic E-state index is -0.0842. The zero-order valence-electron chi connectivity index (χ0n) is 19.0. The second-order valence-corrected chi connectivity index (χ2v) is 7.85. The van der Waals surface area contributed by atoms with E-state index in [1.165, 1.54) is 0 Å². The molecule has 0 aliphatic rings. The van der Waals surface area contributed by atoms with Crippen molar-refractivity contribution in [3.05, 3.63) is 99.1 Å². The number of nitrogens with zero attached hydrogens (tertiary/aromatic N) is 2. The second kappa shape index (κ2) is 9.71. The van der Waals surface area contributed by atoms with E-state index in [1.807, 2.05) is 79.7 Å². The fourth-order valence-electron chi connectivity index (χ4n) is 3.80. The molecule has 0 aliphatic carbocycles. The quantitative estimate of drug-likeness (QED) is 0.460. The van der Waals surface area contributed by atoms with E-state index in [4.69, 9.17) is 20.2 Å². The molecule has 0 aliphatic heterocycles. The van der Waals surface area contributed by atoms with E-state index in [0.29, 0.717) is 41.3 Å². The average molecular weight is 442 g/mol. The monoisotopic (exact) mass is 441 g/mol. The van der Waals surface area contributed by atoms with Gasteiger partial charge in [0.25, 0.3) is 5.56 Å². The second-order valence-electron chi connectivity index (χ2n) is 7.85. The van der Waals surface area contributed by atoms with Crippen LogP contribution in [-0.2, 0) is 13.1 Å². The Hall–Kier alpha value is -3.90. The molecule has 168 valence electrons. The number of hydrogen-bond acceptors (Lipinski definition) is 5. The lowest BCUT2D eigenvalue weighted by Gasteiger charge is -2.13. The standard InChI is InChI=1S/C27H27N3O3/c1-18-7-10-24-23(13-18)27(31)30(17-20-6-4-5-19(14-20)16-28)26(29-24)12-8-21-15-22(32-2)9-11-25(21)33-3/h4-15H,16-17,28H2,1-3H3. The molecule has 2 N–H and O–H groups in total. The van der Waals surface area contributed by atoms with Crippen LogP contribution in [-0.4, -0.2) is 23.8 Å². The summed E-state index contributed by atoms with van der Waals surface area (Å²) in [6, 6.07) is 19.2. The molecule has 4 rings (SSSR count).